The van der Waals surface area contributed by atoms with Crippen molar-refractivity contribution in [3.8, 4) is 0 Å². The van der Waals surface area contributed by atoms with E-state index in [1.165, 1.54) is 6.07 Å². The van der Waals surface area contributed by atoms with Crippen LogP contribution in [0.4, 0.5) is 4.39 Å². The van der Waals surface area contributed by atoms with Crippen molar-refractivity contribution in [2.24, 2.45) is 4.99 Å². The van der Waals surface area contributed by atoms with Crippen LogP contribution in [-0.2, 0) is 16.7 Å². The maximum absolute atomic E-state index is 13.9. The number of hydrogen-bond acceptors (Lipinski definition) is 4. The molecule has 2 aromatic rings. The van der Waals surface area contributed by atoms with Gasteiger partial charge in [-0.25, -0.2) is 9.38 Å². The van der Waals surface area contributed by atoms with Gasteiger partial charge in [0.2, 0.25) is 0 Å². The molecule has 2 heterocycles. The molecule has 1 aromatic heterocycles. The molecule has 1 fully saturated rings. The smallest absolute Gasteiger partial charge is 0.191 e. The number of guanidine groups is 1. The maximum atomic E-state index is 13.9. The molecule has 6 nitrogen and oxygen atoms in total. The number of rotatable bonds is 7. The zero-order chi connectivity index (χ0) is 20.7. The highest BCUT2D eigenvalue weighted by Crippen LogP contribution is 2.34. The Morgan fingerprint density at radius 2 is 2.00 bits per heavy atom. The van der Waals surface area contributed by atoms with Gasteiger partial charge >= 0.3 is 0 Å². The van der Waals surface area contributed by atoms with Crippen molar-refractivity contribution in [2.75, 3.05) is 26.3 Å². The fourth-order valence-corrected chi connectivity index (χ4v) is 3.58. The predicted octanol–water partition coefficient (Wildman–Crippen LogP) is 4.36. The molecule has 0 atom stereocenters. The average molecular weight is 530 g/mol. The van der Waals surface area contributed by atoms with Gasteiger partial charge in [-0.15, -0.1) is 24.0 Å². The van der Waals surface area contributed by atoms with Crippen molar-refractivity contribution < 1.29 is 13.7 Å². The Bertz CT molecular complexity index is 819. The molecule has 30 heavy (non-hydrogen) atoms. The highest BCUT2D eigenvalue weighted by molar-refractivity contribution is 14.0. The summed E-state index contributed by atoms with van der Waals surface area (Å²) in [4.78, 5) is 4.64. The first-order valence-electron chi connectivity index (χ1n) is 10.3. The van der Waals surface area contributed by atoms with E-state index in [1.807, 2.05) is 19.1 Å². The summed E-state index contributed by atoms with van der Waals surface area (Å²) in [7, 11) is 0. The van der Waals surface area contributed by atoms with Gasteiger partial charge in [0.05, 0.1) is 5.69 Å². The SMILES string of the molecule is CCNC(=NCc1cc(C(C)C)no1)NCC1(c2cccc(F)c2)CCOCC1.I. The highest BCUT2D eigenvalue weighted by atomic mass is 127. The third-order valence-corrected chi connectivity index (χ3v) is 5.39. The monoisotopic (exact) mass is 530 g/mol. The van der Waals surface area contributed by atoms with E-state index in [2.05, 4.69) is 34.6 Å². The number of aromatic nitrogens is 1. The first-order chi connectivity index (χ1) is 14.0. The van der Waals surface area contributed by atoms with E-state index in [0.717, 1.165) is 36.4 Å². The van der Waals surface area contributed by atoms with Crippen molar-refractivity contribution in [2.45, 2.75) is 51.5 Å². The molecular formula is C22H32FIN4O2. The second-order valence-electron chi connectivity index (χ2n) is 7.82. The molecule has 1 aliphatic rings. The molecule has 0 amide bonds. The van der Waals surface area contributed by atoms with E-state index in [-0.39, 0.29) is 35.2 Å². The number of aliphatic imine (C=N–C) groups is 1. The van der Waals surface area contributed by atoms with Crippen LogP contribution in [0.3, 0.4) is 0 Å². The summed E-state index contributed by atoms with van der Waals surface area (Å²) in [5, 5.41) is 10.8. The van der Waals surface area contributed by atoms with Crippen molar-refractivity contribution in [1.82, 2.24) is 15.8 Å². The fraction of sp³-hybridized carbons (Fsp3) is 0.545. The lowest BCUT2D eigenvalue weighted by Gasteiger charge is -2.38. The third-order valence-electron chi connectivity index (χ3n) is 5.39. The minimum atomic E-state index is -0.208. The zero-order valence-corrected chi connectivity index (χ0v) is 20.2. The average Bonchev–Trinajstić information content (AvgIpc) is 3.20. The summed E-state index contributed by atoms with van der Waals surface area (Å²) in [5.74, 6) is 1.55. The standard InChI is InChI=1S/C22H31FN4O2.HI/c1-4-24-21(25-14-19-13-20(16(2)3)27-29-19)26-15-22(8-10-28-11-9-22)17-6-5-7-18(23)12-17;/h5-7,12-13,16H,4,8-11,14-15H2,1-3H3,(H2,24,25,26);1H. The third kappa shape index (κ3) is 6.41. The molecule has 8 heteroatoms. The van der Waals surface area contributed by atoms with Crippen LogP contribution < -0.4 is 10.6 Å². The normalized spacial score (nSPS) is 16.2. The molecular weight excluding hydrogens is 498 g/mol. The van der Waals surface area contributed by atoms with Gasteiger partial charge in [-0.05, 0) is 43.4 Å². The topological polar surface area (TPSA) is 71.7 Å². The maximum Gasteiger partial charge on any atom is 0.191 e. The van der Waals surface area contributed by atoms with Gasteiger partial charge in [0.25, 0.3) is 0 Å². The van der Waals surface area contributed by atoms with E-state index in [1.54, 1.807) is 12.1 Å². The first-order valence-corrected chi connectivity index (χ1v) is 10.3. The van der Waals surface area contributed by atoms with Crippen molar-refractivity contribution in [3.05, 3.63) is 53.2 Å². The van der Waals surface area contributed by atoms with Crippen LogP contribution in [-0.4, -0.2) is 37.4 Å². The second kappa shape index (κ2) is 11.6. The summed E-state index contributed by atoms with van der Waals surface area (Å²) in [6.07, 6.45) is 1.67. The van der Waals surface area contributed by atoms with Crippen LogP contribution in [0.5, 0.6) is 0 Å². The number of halogens is 2. The Hall–Kier alpha value is -1.68. The molecule has 0 saturated carbocycles. The Balaban J connectivity index is 0.00000320. The number of nitrogens with zero attached hydrogens (tertiary/aromatic N) is 2. The minimum Gasteiger partial charge on any atom is -0.381 e. The number of benzene rings is 1. The Kier molecular flexibility index (Phi) is 9.54. The van der Waals surface area contributed by atoms with Gasteiger partial charge in [0, 0.05) is 37.8 Å². The second-order valence-corrected chi connectivity index (χ2v) is 7.82. The summed E-state index contributed by atoms with van der Waals surface area (Å²) in [5.41, 5.74) is 1.74. The van der Waals surface area contributed by atoms with E-state index in [9.17, 15) is 4.39 Å². The van der Waals surface area contributed by atoms with Crippen molar-refractivity contribution in [3.63, 3.8) is 0 Å². The molecule has 3 rings (SSSR count). The number of hydrogen-bond donors (Lipinski definition) is 2. The summed E-state index contributed by atoms with van der Waals surface area (Å²) in [6, 6.07) is 8.85. The quantitative estimate of drug-likeness (QED) is 0.316. The van der Waals surface area contributed by atoms with Crippen LogP contribution in [0.25, 0.3) is 0 Å². The lowest BCUT2D eigenvalue weighted by Crippen LogP contribution is -2.48. The van der Waals surface area contributed by atoms with E-state index < -0.39 is 0 Å². The molecule has 1 aliphatic heterocycles. The fourth-order valence-electron chi connectivity index (χ4n) is 3.58. The van der Waals surface area contributed by atoms with Crippen LogP contribution in [0, 0.1) is 5.82 Å². The summed E-state index contributed by atoms with van der Waals surface area (Å²) < 4.78 is 24.8. The van der Waals surface area contributed by atoms with E-state index in [0.29, 0.717) is 38.2 Å². The highest BCUT2D eigenvalue weighted by Gasteiger charge is 2.35. The largest absolute Gasteiger partial charge is 0.381 e. The van der Waals surface area contributed by atoms with Crippen LogP contribution in [0.15, 0.2) is 39.8 Å². The molecule has 0 unspecified atom stereocenters. The van der Waals surface area contributed by atoms with E-state index in [4.69, 9.17) is 9.26 Å². The molecule has 1 aromatic carbocycles. The lowest BCUT2D eigenvalue weighted by molar-refractivity contribution is 0.0513. The summed E-state index contributed by atoms with van der Waals surface area (Å²) in [6.45, 7) is 9.33. The van der Waals surface area contributed by atoms with Crippen LogP contribution >= 0.6 is 24.0 Å². The van der Waals surface area contributed by atoms with Gasteiger partial charge in [-0.3, -0.25) is 0 Å². The van der Waals surface area contributed by atoms with Gasteiger partial charge in [-0.1, -0.05) is 31.1 Å². The van der Waals surface area contributed by atoms with Gasteiger partial charge in [0.15, 0.2) is 11.7 Å². The molecule has 0 aliphatic carbocycles. The molecule has 0 spiro atoms. The minimum absolute atomic E-state index is 0. The van der Waals surface area contributed by atoms with Crippen LogP contribution in [0.1, 0.15) is 56.5 Å². The van der Waals surface area contributed by atoms with Gasteiger partial charge < -0.3 is 19.9 Å². The Morgan fingerprint density at radius 1 is 1.23 bits per heavy atom. The van der Waals surface area contributed by atoms with Gasteiger partial charge in [0.1, 0.15) is 12.4 Å². The number of nitrogens with one attached hydrogen (secondary N) is 2. The molecule has 0 bridgehead atoms. The van der Waals surface area contributed by atoms with Crippen molar-refractivity contribution >= 4 is 29.9 Å². The van der Waals surface area contributed by atoms with Gasteiger partial charge in [-0.2, -0.15) is 0 Å². The molecule has 0 radical (unpaired) electrons. The number of ether oxygens (including phenoxy) is 1. The Morgan fingerprint density at radius 3 is 2.63 bits per heavy atom. The Labute approximate surface area is 195 Å². The molecule has 166 valence electrons. The predicted molar refractivity (Wildman–Crippen MR) is 127 cm³/mol. The van der Waals surface area contributed by atoms with Crippen molar-refractivity contribution in [1.29, 1.82) is 0 Å². The molecule has 2 N–H and O–H groups in total. The molecule has 1 saturated heterocycles. The first kappa shape index (κ1) is 24.6. The zero-order valence-electron chi connectivity index (χ0n) is 17.9. The lowest BCUT2D eigenvalue weighted by atomic mass is 9.74. The van der Waals surface area contributed by atoms with E-state index >= 15 is 0 Å². The summed E-state index contributed by atoms with van der Waals surface area (Å²) >= 11 is 0. The van der Waals surface area contributed by atoms with Crippen LogP contribution in [0.2, 0.25) is 0 Å².